The summed E-state index contributed by atoms with van der Waals surface area (Å²) in [5.41, 5.74) is 7.18. The summed E-state index contributed by atoms with van der Waals surface area (Å²) in [6.45, 7) is 0. The molecule has 0 saturated carbocycles. The van der Waals surface area contributed by atoms with E-state index in [1.165, 1.54) is 19.2 Å². The average molecular weight is 288 g/mol. The molecule has 1 amide bonds. The zero-order valence-corrected chi connectivity index (χ0v) is 11.7. The molecule has 0 aliphatic rings. The van der Waals surface area contributed by atoms with E-state index in [4.69, 9.17) is 10.5 Å². The molecular formula is C16H17FN2O2. The van der Waals surface area contributed by atoms with Crippen LogP contribution in [0.2, 0.25) is 0 Å². The molecule has 3 N–H and O–H groups in total. The summed E-state index contributed by atoms with van der Waals surface area (Å²) in [7, 11) is 1.38. The van der Waals surface area contributed by atoms with Gasteiger partial charge in [0.15, 0.2) is 11.6 Å². The van der Waals surface area contributed by atoms with Gasteiger partial charge in [0, 0.05) is 11.8 Å². The van der Waals surface area contributed by atoms with Gasteiger partial charge in [-0.1, -0.05) is 30.3 Å². The van der Waals surface area contributed by atoms with E-state index in [1.807, 2.05) is 30.3 Å². The number of nitrogens with one attached hydrogen (secondary N) is 1. The van der Waals surface area contributed by atoms with Crippen molar-refractivity contribution in [1.82, 2.24) is 0 Å². The van der Waals surface area contributed by atoms with Crippen molar-refractivity contribution in [2.24, 2.45) is 5.73 Å². The summed E-state index contributed by atoms with van der Waals surface area (Å²) in [6, 6.07) is 13.0. The van der Waals surface area contributed by atoms with Gasteiger partial charge < -0.3 is 15.8 Å². The van der Waals surface area contributed by atoms with Crippen LogP contribution in [0.3, 0.4) is 0 Å². The number of hydrogen-bond acceptors (Lipinski definition) is 3. The van der Waals surface area contributed by atoms with Crippen molar-refractivity contribution in [3.8, 4) is 5.75 Å². The Morgan fingerprint density at radius 2 is 2.00 bits per heavy atom. The first kappa shape index (κ1) is 15.0. The lowest BCUT2D eigenvalue weighted by molar-refractivity contribution is -0.117. The lowest BCUT2D eigenvalue weighted by Gasteiger charge is -2.13. The standard InChI is InChI=1S/C16H17FN2O2/c1-21-15-8-7-12(10-13(15)17)19-16(20)14(18)9-11-5-3-2-4-6-11/h2-8,10,14H,9,18H2,1H3,(H,19,20). The Hall–Kier alpha value is -2.40. The SMILES string of the molecule is COc1ccc(NC(=O)C(N)Cc2ccccc2)cc1F. The van der Waals surface area contributed by atoms with Gasteiger partial charge in [0.25, 0.3) is 0 Å². The monoisotopic (exact) mass is 288 g/mol. The van der Waals surface area contributed by atoms with Gasteiger partial charge >= 0.3 is 0 Å². The predicted molar refractivity (Wildman–Crippen MR) is 79.7 cm³/mol. The number of anilines is 1. The second kappa shape index (κ2) is 6.85. The van der Waals surface area contributed by atoms with Gasteiger partial charge in [-0.25, -0.2) is 4.39 Å². The third-order valence-corrected chi connectivity index (χ3v) is 3.05. The van der Waals surface area contributed by atoms with Crippen LogP contribution in [0.25, 0.3) is 0 Å². The molecule has 0 heterocycles. The second-order valence-electron chi connectivity index (χ2n) is 4.63. The van der Waals surface area contributed by atoms with Gasteiger partial charge in [0.1, 0.15) is 0 Å². The normalized spacial score (nSPS) is 11.8. The summed E-state index contributed by atoms with van der Waals surface area (Å²) in [5.74, 6) is -0.767. The van der Waals surface area contributed by atoms with E-state index in [0.717, 1.165) is 5.56 Å². The van der Waals surface area contributed by atoms with Crippen LogP contribution in [0.5, 0.6) is 5.75 Å². The molecule has 1 unspecified atom stereocenters. The van der Waals surface area contributed by atoms with Crippen LogP contribution in [-0.2, 0) is 11.2 Å². The lowest BCUT2D eigenvalue weighted by Crippen LogP contribution is -2.37. The van der Waals surface area contributed by atoms with Crippen LogP contribution in [-0.4, -0.2) is 19.1 Å². The van der Waals surface area contributed by atoms with Crippen LogP contribution < -0.4 is 15.8 Å². The maximum Gasteiger partial charge on any atom is 0.241 e. The van der Waals surface area contributed by atoms with E-state index < -0.39 is 11.9 Å². The Morgan fingerprint density at radius 3 is 2.62 bits per heavy atom. The molecule has 0 aliphatic heterocycles. The first-order chi connectivity index (χ1) is 10.1. The number of methoxy groups -OCH3 is 1. The third kappa shape index (κ3) is 4.03. The van der Waals surface area contributed by atoms with Crippen molar-refractivity contribution in [3.63, 3.8) is 0 Å². The van der Waals surface area contributed by atoms with E-state index in [9.17, 15) is 9.18 Å². The van der Waals surface area contributed by atoms with Crippen molar-refractivity contribution in [3.05, 3.63) is 59.9 Å². The fraction of sp³-hybridized carbons (Fsp3) is 0.188. The maximum atomic E-state index is 13.5. The number of ether oxygens (including phenoxy) is 1. The van der Waals surface area contributed by atoms with E-state index in [1.54, 1.807) is 6.07 Å². The number of hydrogen-bond donors (Lipinski definition) is 2. The van der Waals surface area contributed by atoms with E-state index >= 15 is 0 Å². The van der Waals surface area contributed by atoms with Crippen LogP contribution in [0.15, 0.2) is 48.5 Å². The molecule has 2 aromatic carbocycles. The average Bonchev–Trinajstić information content (AvgIpc) is 2.48. The smallest absolute Gasteiger partial charge is 0.241 e. The summed E-state index contributed by atoms with van der Waals surface area (Å²) in [6.07, 6.45) is 0.422. The molecule has 0 spiro atoms. The number of halogens is 1. The van der Waals surface area contributed by atoms with Crippen LogP contribution in [0, 0.1) is 5.82 Å². The fourth-order valence-corrected chi connectivity index (χ4v) is 1.94. The van der Waals surface area contributed by atoms with E-state index in [0.29, 0.717) is 12.1 Å². The quantitative estimate of drug-likeness (QED) is 0.887. The molecule has 0 aliphatic carbocycles. The van der Waals surface area contributed by atoms with Gasteiger partial charge in [-0.3, -0.25) is 4.79 Å². The van der Waals surface area contributed by atoms with Crippen molar-refractivity contribution in [2.45, 2.75) is 12.5 Å². The summed E-state index contributed by atoms with van der Waals surface area (Å²) >= 11 is 0. The zero-order chi connectivity index (χ0) is 15.2. The molecule has 2 rings (SSSR count). The minimum absolute atomic E-state index is 0.126. The molecule has 0 fully saturated rings. The first-order valence-corrected chi connectivity index (χ1v) is 6.54. The summed E-state index contributed by atoms with van der Waals surface area (Å²) in [5, 5.41) is 2.59. The molecule has 4 nitrogen and oxygen atoms in total. The Balaban J connectivity index is 1.99. The largest absolute Gasteiger partial charge is 0.494 e. The third-order valence-electron chi connectivity index (χ3n) is 3.05. The van der Waals surface area contributed by atoms with Crippen molar-refractivity contribution < 1.29 is 13.9 Å². The number of carbonyl (C=O) groups is 1. The highest BCUT2D eigenvalue weighted by molar-refractivity contribution is 5.94. The van der Waals surface area contributed by atoms with Crippen LogP contribution in [0.1, 0.15) is 5.56 Å². The summed E-state index contributed by atoms with van der Waals surface area (Å²) in [4.78, 5) is 12.0. The molecular weight excluding hydrogens is 271 g/mol. The van der Waals surface area contributed by atoms with Gasteiger partial charge in [-0.2, -0.15) is 0 Å². The Morgan fingerprint density at radius 1 is 1.29 bits per heavy atom. The number of rotatable bonds is 5. The molecule has 0 saturated heterocycles. The highest BCUT2D eigenvalue weighted by atomic mass is 19.1. The molecule has 21 heavy (non-hydrogen) atoms. The van der Waals surface area contributed by atoms with Gasteiger partial charge in [0.2, 0.25) is 5.91 Å². The van der Waals surface area contributed by atoms with Gasteiger partial charge in [-0.15, -0.1) is 0 Å². The molecule has 0 radical (unpaired) electrons. The van der Waals surface area contributed by atoms with Gasteiger partial charge in [0.05, 0.1) is 13.2 Å². The van der Waals surface area contributed by atoms with Crippen molar-refractivity contribution in [1.29, 1.82) is 0 Å². The van der Waals surface area contributed by atoms with E-state index in [-0.39, 0.29) is 11.7 Å². The molecule has 5 heteroatoms. The Labute approximate surface area is 122 Å². The number of nitrogens with two attached hydrogens (primary N) is 1. The molecule has 0 bridgehead atoms. The molecule has 1 atom stereocenters. The topological polar surface area (TPSA) is 64.3 Å². The first-order valence-electron chi connectivity index (χ1n) is 6.54. The van der Waals surface area contributed by atoms with Crippen LogP contribution in [0.4, 0.5) is 10.1 Å². The van der Waals surface area contributed by atoms with Crippen molar-refractivity contribution in [2.75, 3.05) is 12.4 Å². The lowest BCUT2D eigenvalue weighted by atomic mass is 10.1. The number of amides is 1. The second-order valence-corrected chi connectivity index (χ2v) is 4.63. The molecule has 0 aromatic heterocycles. The highest BCUT2D eigenvalue weighted by Gasteiger charge is 2.15. The number of benzene rings is 2. The number of carbonyl (C=O) groups excluding carboxylic acids is 1. The van der Waals surface area contributed by atoms with Crippen LogP contribution >= 0.6 is 0 Å². The minimum atomic E-state index is -0.697. The zero-order valence-electron chi connectivity index (χ0n) is 11.7. The minimum Gasteiger partial charge on any atom is -0.494 e. The summed E-state index contributed by atoms with van der Waals surface area (Å²) < 4.78 is 18.4. The Bertz CT molecular complexity index is 617. The predicted octanol–water partition coefficient (Wildman–Crippen LogP) is 2.34. The van der Waals surface area contributed by atoms with Gasteiger partial charge in [-0.05, 0) is 24.1 Å². The Kier molecular flexibility index (Phi) is 4.90. The highest BCUT2D eigenvalue weighted by Crippen LogP contribution is 2.20. The van der Waals surface area contributed by atoms with Crippen molar-refractivity contribution >= 4 is 11.6 Å². The molecule has 2 aromatic rings. The van der Waals surface area contributed by atoms with E-state index in [2.05, 4.69) is 5.32 Å². The fourth-order valence-electron chi connectivity index (χ4n) is 1.94. The maximum absolute atomic E-state index is 13.5. The molecule has 110 valence electrons.